The van der Waals surface area contributed by atoms with Crippen molar-refractivity contribution in [3.8, 4) is 0 Å². The smallest absolute Gasteiger partial charge is 0.164 e. The lowest BCUT2D eigenvalue weighted by Gasteiger charge is -2.35. The minimum atomic E-state index is -0.0753. The Balaban J connectivity index is 1.91. The molecule has 0 saturated carbocycles. The third-order valence-corrected chi connectivity index (χ3v) is 3.72. The number of aromatic nitrogens is 3. The zero-order chi connectivity index (χ0) is 13.5. The molecule has 0 radical (unpaired) electrons. The van der Waals surface area contributed by atoms with Gasteiger partial charge in [0.1, 0.15) is 6.10 Å². The SMILES string of the molecule is CC(C)(C)C1NCCn2c(C3COCCO3)nnc21. The van der Waals surface area contributed by atoms with E-state index in [9.17, 15) is 0 Å². The highest BCUT2D eigenvalue weighted by Crippen LogP contribution is 2.34. The third-order valence-electron chi connectivity index (χ3n) is 3.72. The van der Waals surface area contributed by atoms with Gasteiger partial charge >= 0.3 is 0 Å². The summed E-state index contributed by atoms with van der Waals surface area (Å²) in [5, 5.41) is 12.3. The first-order valence-corrected chi connectivity index (χ1v) is 6.93. The van der Waals surface area contributed by atoms with E-state index in [0.717, 1.165) is 24.7 Å². The monoisotopic (exact) mass is 266 g/mol. The van der Waals surface area contributed by atoms with E-state index >= 15 is 0 Å². The van der Waals surface area contributed by atoms with E-state index in [4.69, 9.17) is 9.47 Å². The summed E-state index contributed by atoms with van der Waals surface area (Å²) in [5.74, 6) is 1.92. The van der Waals surface area contributed by atoms with Gasteiger partial charge < -0.3 is 19.4 Å². The molecule has 1 saturated heterocycles. The predicted molar refractivity (Wildman–Crippen MR) is 69.7 cm³/mol. The normalized spacial score (nSPS) is 28.2. The third kappa shape index (κ3) is 2.40. The summed E-state index contributed by atoms with van der Waals surface area (Å²) >= 11 is 0. The molecule has 0 aromatic carbocycles. The fourth-order valence-electron chi connectivity index (χ4n) is 2.75. The Bertz CT molecular complexity index is 446. The highest BCUT2D eigenvalue weighted by molar-refractivity contribution is 5.09. The van der Waals surface area contributed by atoms with Gasteiger partial charge in [0.15, 0.2) is 11.6 Å². The summed E-state index contributed by atoms with van der Waals surface area (Å²) in [6.07, 6.45) is -0.0753. The zero-order valence-corrected chi connectivity index (χ0v) is 11.8. The molecule has 19 heavy (non-hydrogen) atoms. The Labute approximate surface area is 113 Å². The molecule has 3 heterocycles. The minimum absolute atomic E-state index is 0.0753. The Morgan fingerprint density at radius 2 is 2.00 bits per heavy atom. The first-order chi connectivity index (χ1) is 9.07. The van der Waals surface area contributed by atoms with E-state index in [1.165, 1.54) is 0 Å². The maximum atomic E-state index is 5.74. The molecule has 1 N–H and O–H groups in total. The lowest BCUT2D eigenvalue weighted by Crippen LogP contribution is -2.41. The molecule has 1 aromatic heterocycles. The molecule has 6 nitrogen and oxygen atoms in total. The van der Waals surface area contributed by atoms with Crippen molar-refractivity contribution in [2.45, 2.75) is 39.5 Å². The summed E-state index contributed by atoms with van der Waals surface area (Å²) < 4.78 is 13.4. The number of hydrogen-bond acceptors (Lipinski definition) is 5. The van der Waals surface area contributed by atoms with Gasteiger partial charge in [0.25, 0.3) is 0 Å². The molecular weight excluding hydrogens is 244 g/mol. The fourth-order valence-corrected chi connectivity index (χ4v) is 2.75. The molecule has 0 spiro atoms. The maximum absolute atomic E-state index is 5.74. The van der Waals surface area contributed by atoms with Crippen LogP contribution in [0.1, 0.15) is 44.6 Å². The molecule has 6 heteroatoms. The van der Waals surface area contributed by atoms with Crippen LogP contribution in [0.25, 0.3) is 0 Å². The van der Waals surface area contributed by atoms with Gasteiger partial charge in [-0.25, -0.2) is 0 Å². The number of rotatable bonds is 1. The van der Waals surface area contributed by atoms with Gasteiger partial charge in [-0.1, -0.05) is 20.8 Å². The Morgan fingerprint density at radius 1 is 1.21 bits per heavy atom. The van der Waals surface area contributed by atoms with Crippen molar-refractivity contribution >= 4 is 0 Å². The van der Waals surface area contributed by atoms with Crippen molar-refractivity contribution in [2.75, 3.05) is 26.4 Å². The van der Waals surface area contributed by atoms with E-state index in [2.05, 4.69) is 40.9 Å². The summed E-state index contributed by atoms with van der Waals surface area (Å²) in [7, 11) is 0. The molecule has 1 fully saturated rings. The number of nitrogens with zero attached hydrogens (tertiary/aromatic N) is 3. The summed E-state index contributed by atoms with van der Waals surface area (Å²) in [6.45, 7) is 10.4. The van der Waals surface area contributed by atoms with Crippen molar-refractivity contribution in [3.63, 3.8) is 0 Å². The second kappa shape index (κ2) is 4.85. The van der Waals surface area contributed by atoms with Gasteiger partial charge in [-0.05, 0) is 5.41 Å². The summed E-state index contributed by atoms with van der Waals surface area (Å²) in [4.78, 5) is 0. The Kier molecular flexibility index (Phi) is 3.32. The van der Waals surface area contributed by atoms with E-state index in [1.54, 1.807) is 0 Å². The van der Waals surface area contributed by atoms with Crippen LogP contribution in [-0.4, -0.2) is 41.1 Å². The van der Waals surface area contributed by atoms with Crippen molar-refractivity contribution < 1.29 is 9.47 Å². The lowest BCUT2D eigenvalue weighted by molar-refractivity contribution is -0.0950. The van der Waals surface area contributed by atoms with Crippen LogP contribution in [0.4, 0.5) is 0 Å². The largest absolute Gasteiger partial charge is 0.376 e. The van der Waals surface area contributed by atoms with Crippen LogP contribution in [-0.2, 0) is 16.0 Å². The van der Waals surface area contributed by atoms with Gasteiger partial charge in [0.2, 0.25) is 0 Å². The first-order valence-electron chi connectivity index (χ1n) is 6.93. The van der Waals surface area contributed by atoms with Crippen LogP contribution in [0.2, 0.25) is 0 Å². The lowest BCUT2D eigenvalue weighted by atomic mass is 9.85. The van der Waals surface area contributed by atoms with Crippen LogP contribution in [0.5, 0.6) is 0 Å². The molecule has 0 bridgehead atoms. The highest BCUT2D eigenvalue weighted by Gasteiger charge is 2.35. The van der Waals surface area contributed by atoms with Crippen molar-refractivity contribution in [3.05, 3.63) is 11.6 Å². The molecule has 106 valence electrons. The van der Waals surface area contributed by atoms with Crippen LogP contribution in [0.3, 0.4) is 0 Å². The average molecular weight is 266 g/mol. The molecule has 2 aliphatic rings. The average Bonchev–Trinajstić information content (AvgIpc) is 2.82. The summed E-state index contributed by atoms with van der Waals surface area (Å²) in [6, 6.07) is 0.229. The van der Waals surface area contributed by atoms with Gasteiger partial charge in [-0.15, -0.1) is 10.2 Å². The standard InChI is InChI=1S/C13H22N4O2/c1-13(2,3)10-12-16-15-11(17(12)5-4-14-10)9-8-18-6-7-19-9/h9-10,14H,4-8H2,1-3H3. The molecule has 0 amide bonds. The van der Waals surface area contributed by atoms with Gasteiger partial charge in [-0.3, -0.25) is 0 Å². The molecule has 0 aliphatic carbocycles. The second-order valence-corrected chi connectivity index (χ2v) is 6.26. The number of ether oxygens (including phenoxy) is 2. The quantitative estimate of drug-likeness (QED) is 0.823. The van der Waals surface area contributed by atoms with E-state index < -0.39 is 0 Å². The minimum Gasteiger partial charge on any atom is -0.376 e. The molecule has 2 unspecified atom stereocenters. The zero-order valence-electron chi connectivity index (χ0n) is 11.8. The topological polar surface area (TPSA) is 61.2 Å². The first kappa shape index (κ1) is 13.0. The Hall–Kier alpha value is -0.980. The van der Waals surface area contributed by atoms with E-state index in [-0.39, 0.29) is 17.6 Å². The van der Waals surface area contributed by atoms with E-state index in [1.807, 2.05) is 0 Å². The van der Waals surface area contributed by atoms with Crippen molar-refractivity contribution in [1.82, 2.24) is 20.1 Å². The highest BCUT2D eigenvalue weighted by atomic mass is 16.6. The fraction of sp³-hybridized carbons (Fsp3) is 0.846. The number of hydrogen-bond donors (Lipinski definition) is 1. The van der Waals surface area contributed by atoms with Crippen LogP contribution in [0.15, 0.2) is 0 Å². The predicted octanol–water partition coefficient (Wildman–Crippen LogP) is 1.06. The molecule has 1 aromatic rings. The van der Waals surface area contributed by atoms with Crippen LogP contribution in [0, 0.1) is 5.41 Å². The van der Waals surface area contributed by atoms with Crippen LogP contribution < -0.4 is 5.32 Å². The van der Waals surface area contributed by atoms with Crippen LogP contribution >= 0.6 is 0 Å². The molecule has 2 atom stereocenters. The maximum Gasteiger partial charge on any atom is 0.164 e. The number of fused-ring (bicyclic) bond motifs is 1. The molecule has 3 rings (SSSR count). The van der Waals surface area contributed by atoms with Gasteiger partial charge in [-0.2, -0.15) is 0 Å². The van der Waals surface area contributed by atoms with Gasteiger partial charge in [0, 0.05) is 13.1 Å². The summed E-state index contributed by atoms with van der Waals surface area (Å²) in [5.41, 5.74) is 0.117. The van der Waals surface area contributed by atoms with E-state index in [0.29, 0.717) is 19.8 Å². The van der Waals surface area contributed by atoms with Crippen molar-refractivity contribution in [1.29, 1.82) is 0 Å². The van der Waals surface area contributed by atoms with Crippen molar-refractivity contribution in [2.24, 2.45) is 5.41 Å². The molecule has 2 aliphatic heterocycles. The second-order valence-electron chi connectivity index (χ2n) is 6.26. The molecular formula is C13H22N4O2. The number of nitrogens with one attached hydrogen (secondary N) is 1. The Morgan fingerprint density at radius 3 is 2.68 bits per heavy atom. The van der Waals surface area contributed by atoms with Gasteiger partial charge in [0.05, 0.1) is 25.9 Å².